The van der Waals surface area contributed by atoms with E-state index in [9.17, 15) is 9.59 Å². The van der Waals surface area contributed by atoms with Crippen molar-refractivity contribution < 1.29 is 14.7 Å². The summed E-state index contributed by atoms with van der Waals surface area (Å²) in [5.74, 6) is -1.72. The summed E-state index contributed by atoms with van der Waals surface area (Å²) >= 11 is 1.48. The molecule has 1 amide bonds. The Kier molecular flexibility index (Phi) is 3.68. The van der Waals surface area contributed by atoms with Crippen LogP contribution in [0, 0.1) is 0 Å². The number of nitrogens with one attached hydrogen (secondary N) is 2. The maximum atomic E-state index is 11.7. The van der Waals surface area contributed by atoms with Gasteiger partial charge in [-0.05, 0) is 0 Å². The summed E-state index contributed by atoms with van der Waals surface area (Å²) < 4.78 is 0. The van der Waals surface area contributed by atoms with E-state index in [4.69, 9.17) is 5.11 Å². The van der Waals surface area contributed by atoms with E-state index in [2.05, 4.69) is 20.3 Å². The minimum absolute atomic E-state index is 0.110. The molecule has 0 atom stereocenters. The third-order valence-corrected chi connectivity index (χ3v) is 2.85. The van der Waals surface area contributed by atoms with Crippen LogP contribution < -0.4 is 5.32 Å². The number of carboxylic acids is 1. The van der Waals surface area contributed by atoms with Gasteiger partial charge in [-0.1, -0.05) is 0 Å². The Morgan fingerprint density at radius 1 is 1.44 bits per heavy atom. The predicted octanol–water partition coefficient (Wildman–Crippen LogP) is 0.537. The molecular formula is C10H10N4O3S. The minimum atomic E-state index is -1.21. The summed E-state index contributed by atoms with van der Waals surface area (Å²) in [4.78, 5) is 32.6. The fraction of sp³-hybridized carbons (Fsp3) is 0.200. The molecule has 0 aliphatic heterocycles. The van der Waals surface area contributed by atoms with E-state index in [1.165, 1.54) is 17.7 Å². The second-order valence-electron chi connectivity index (χ2n) is 3.42. The zero-order valence-corrected chi connectivity index (χ0v) is 10.0. The molecule has 18 heavy (non-hydrogen) atoms. The first kappa shape index (κ1) is 12.2. The third kappa shape index (κ3) is 2.72. The quantitative estimate of drug-likeness (QED) is 0.732. The van der Waals surface area contributed by atoms with Crippen molar-refractivity contribution in [1.29, 1.82) is 0 Å². The second kappa shape index (κ2) is 5.41. The molecule has 2 aromatic rings. The van der Waals surface area contributed by atoms with Gasteiger partial charge in [0.05, 0.1) is 17.5 Å². The monoisotopic (exact) mass is 266 g/mol. The molecule has 3 N–H and O–H groups in total. The molecular weight excluding hydrogens is 256 g/mol. The van der Waals surface area contributed by atoms with E-state index in [0.717, 1.165) is 5.69 Å². The second-order valence-corrected chi connectivity index (χ2v) is 4.14. The van der Waals surface area contributed by atoms with E-state index in [1.54, 1.807) is 5.51 Å². The van der Waals surface area contributed by atoms with Crippen molar-refractivity contribution in [2.75, 3.05) is 6.54 Å². The topological polar surface area (TPSA) is 108 Å². The molecule has 0 bridgehead atoms. The summed E-state index contributed by atoms with van der Waals surface area (Å²) in [6, 6.07) is 0. The highest BCUT2D eigenvalue weighted by Gasteiger charge is 2.19. The van der Waals surface area contributed by atoms with Crippen LogP contribution >= 0.6 is 11.3 Å². The van der Waals surface area contributed by atoms with Crippen molar-refractivity contribution in [3.63, 3.8) is 0 Å². The standard InChI is InChI=1S/C10H10N4O3S/c15-9(7-8(10(16)17)13-4-12-7)11-2-1-6-3-18-5-14-6/h3-5H,1-2H2,(H,11,15)(H,12,13)(H,16,17). The molecule has 0 fully saturated rings. The Balaban J connectivity index is 1.91. The summed E-state index contributed by atoms with van der Waals surface area (Å²) in [6.45, 7) is 0.383. The van der Waals surface area contributed by atoms with Crippen molar-refractivity contribution in [3.8, 4) is 0 Å². The first-order chi connectivity index (χ1) is 8.68. The van der Waals surface area contributed by atoms with Crippen LogP contribution in [0.2, 0.25) is 0 Å². The predicted molar refractivity (Wildman–Crippen MR) is 63.7 cm³/mol. The highest BCUT2D eigenvalue weighted by atomic mass is 32.1. The van der Waals surface area contributed by atoms with Gasteiger partial charge in [-0.15, -0.1) is 11.3 Å². The number of hydrogen-bond acceptors (Lipinski definition) is 5. The number of H-pyrrole nitrogens is 1. The van der Waals surface area contributed by atoms with E-state index >= 15 is 0 Å². The first-order valence-electron chi connectivity index (χ1n) is 5.10. The van der Waals surface area contributed by atoms with Crippen LogP contribution in [0.15, 0.2) is 17.2 Å². The number of hydrogen-bond donors (Lipinski definition) is 3. The largest absolute Gasteiger partial charge is 0.477 e. The van der Waals surface area contributed by atoms with Gasteiger partial charge in [-0.25, -0.2) is 14.8 Å². The van der Waals surface area contributed by atoms with Gasteiger partial charge in [0, 0.05) is 18.3 Å². The van der Waals surface area contributed by atoms with E-state index < -0.39 is 11.9 Å². The Morgan fingerprint density at radius 2 is 2.28 bits per heavy atom. The van der Waals surface area contributed by atoms with Gasteiger partial charge in [0.2, 0.25) is 0 Å². The normalized spacial score (nSPS) is 10.2. The summed E-state index contributed by atoms with van der Waals surface area (Å²) in [5, 5.41) is 13.3. The number of carbonyl (C=O) groups is 2. The van der Waals surface area contributed by atoms with Crippen LogP contribution in [-0.2, 0) is 6.42 Å². The third-order valence-electron chi connectivity index (χ3n) is 2.22. The Morgan fingerprint density at radius 3 is 2.94 bits per heavy atom. The number of nitrogens with zero attached hydrogens (tertiary/aromatic N) is 2. The van der Waals surface area contributed by atoms with Crippen LogP contribution in [0.25, 0.3) is 0 Å². The average Bonchev–Trinajstić information content (AvgIpc) is 2.99. The summed E-state index contributed by atoms with van der Waals surface area (Å²) in [5.41, 5.74) is 2.29. The van der Waals surface area contributed by atoms with Crippen LogP contribution in [0.1, 0.15) is 26.7 Å². The molecule has 7 nitrogen and oxygen atoms in total. The number of imidazole rings is 1. The maximum Gasteiger partial charge on any atom is 0.354 e. The zero-order chi connectivity index (χ0) is 13.0. The van der Waals surface area contributed by atoms with Gasteiger partial charge >= 0.3 is 5.97 Å². The lowest BCUT2D eigenvalue weighted by molar-refractivity contribution is 0.0685. The SMILES string of the molecule is O=C(NCCc1cscn1)c1nc[nH]c1C(=O)O. The molecule has 0 radical (unpaired) electrons. The van der Waals surface area contributed by atoms with Gasteiger partial charge < -0.3 is 15.4 Å². The van der Waals surface area contributed by atoms with Crippen LogP contribution in [0.3, 0.4) is 0 Å². The number of amides is 1. The lowest BCUT2D eigenvalue weighted by atomic mass is 10.3. The average molecular weight is 266 g/mol. The van der Waals surface area contributed by atoms with E-state index in [-0.39, 0.29) is 11.4 Å². The molecule has 94 valence electrons. The van der Waals surface area contributed by atoms with Crippen LogP contribution in [-0.4, -0.2) is 38.5 Å². The number of rotatable bonds is 5. The van der Waals surface area contributed by atoms with Crippen molar-refractivity contribution >= 4 is 23.2 Å². The fourth-order valence-corrected chi connectivity index (χ4v) is 1.97. The number of carbonyl (C=O) groups excluding carboxylic acids is 1. The Hall–Kier alpha value is -2.22. The van der Waals surface area contributed by atoms with Crippen molar-refractivity contribution in [3.05, 3.63) is 34.3 Å². The van der Waals surface area contributed by atoms with Gasteiger partial charge in [-0.3, -0.25) is 4.79 Å². The molecule has 0 aliphatic rings. The molecule has 8 heteroatoms. The molecule has 0 saturated carbocycles. The number of carboxylic acid groups (broad SMARTS) is 1. The van der Waals surface area contributed by atoms with Crippen LogP contribution in [0.5, 0.6) is 0 Å². The molecule has 0 spiro atoms. The fourth-order valence-electron chi connectivity index (χ4n) is 1.38. The summed E-state index contributed by atoms with van der Waals surface area (Å²) in [6.07, 6.45) is 1.78. The zero-order valence-electron chi connectivity index (χ0n) is 9.21. The Bertz CT molecular complexity index is 549. The molecule has 2 rings (SSSR count). The van der Waals surface area contributed by atoms with Gasteiger partial charge in [-0.2, -0.15) is 0 Å². The number of aromatic carboxylic acids is 1. The Labute approximate surface area is 106 Å². The minimum Gasteiger partial charge on any atom is -0.477 e. The lowest BCUT2D eigenvalue weighted by Crippen LogP contribution is -2.27. The first-order valence-corrected chi connectivity index (χ1v) is 6.04. The number of aromatic amines is 1. The summed E-state index contributed by atoms with van der Waals surface area (Å²) in [7, 11) is 0. The molecule has 0 unspecified atom stereocenters. The van der Waals surface area contributed by atoms with E-state index in [1.807, 2.05) is 5.38 Å². The molecule has 2 heterocycles. The molecule has 0 aliphatic carbocycles. The molecule has 2 aromatic heterocycles. The smallest absolute Gasteiger partial charge is 0.354 e. The lowest BCUT2D eigenvalue weighted by Gasteiger charge is -2.02. The maximum absolute atomic E-state index is 11.7. The van der Waals surface area contributed by atoms with Gasteiger partial charge in [0.15, 0.2) is 11.4 Å². The van der Waals surface area contributed by atoms with Crippen molar-refractivity contribution in [2.24, 2.45) is 0 Å². The van der Waals surface area contributed by atoms with E-state index in [0.29, 0.717) is 13.0 Å². The van der Waals surface area contributed by atoms with Gasteiger partial charge in [0.1, 0.15) is 0 Å². The van der Waals surface area contributed by atoms with Crippen LogP contribution in [0.4, 0.5) is 0 Å². The highest BCUT2D eigenvalue weighted by Crippen LogP contribution is 2.03. The van der Waals surface area contributed by atoms with Gasteiger partial charge in [0.25, 0.3) is 5.91 Å². The van der Waals surface area contributed by atoms with Crippen molar-refractivity contribution in [2.45, 2.75) is 6.42 Å². The highest BCUT2D eigenvalue weighted by molar-refractivity contribution is 7.07. The molecule has 0 saturated heterocycles. The van der Waals surface area contributed by atoms with Crippen molar-refractivity contribution in [1.82, 2.24) is 20.3 Å². The number of aromatic nitrogens is 3. The number of thiazole rings is 1. The molecule has 0 aromatic carbocycles.